The largest absolute Gasteiger partial charge is 0.383 e. The van der Waals surface area contributed by atoms with Gasteiger partial charge in [-0.1, -0.05) is 11.6 Å². The Kier molecular flexibility index (Phi) is 6.77. The Bertz CT molecular complexity index is 883. The van der Waals surface area contributed by atoms with E-state index >= 15 is 0 Å². The van der Waals surface area contributed by atoms with Crippen LogP contribution < -0.4 is 10.0 Å². The van der Waals surface area contributed by atoms with E-state index in [0.717, 1.165) is 0 Å². The molecule has 2 aromatic carbocycles. The van der Waals surface area contributed by atoms with E-state index in [1.165, 1.54) is 19.2 Å². The molecule has 0 saturated heterocycles. The van der Waals surface area contributed by atoms with Gasteiger partial charge in [-0.25, -0.2) is 13.1 Å². The molecule has 0 aromatic heterocycles. The summed E-state index contributed by atoms with van der Waals surface area (Å²) in [6.45, 7) is 3.72. The van der Waals surface area contributed by atoms with Crippen LogP contribution in [0, 0.1) is 6.92 Å². The number of aryl methyl sites for hydroxylation is 1. The molecule has 8 heteroatoms. The molecule has 0 aliphatic heterocycles. The first-order chi connectivity index (χ1) is 12.2. The first kappa shape index (κ1) is 20.4. The minimum atomic E-state index is -3.66. The van der Waals surface area contributed by atoms with Crippen molar-refractivity contribution in [3.63, 3.8) is 0 Å². The standard InChI is InChI=1S/C18H21ClN2O4S/c1-12-10-16(26(23,24)21-13(2)11-25-3)8-9-17(12)20-18(22)14-4-6-15(19)7-5-14/h4-10,13,21H,11H2,1-3H3,(H,20,22)/t13-/m1/s1. The van der Waals surface area contributed by atoms with E-state index in [2.05, 4.69) is 10.0 Å². The van der Waals surface area contributed by atoms with Gasteiger partial charge in [0.25, 0.3) is 5.91 Å². The van der Waals surface area contributed by atoms with Crippen LogP contribution in [0.2, 0.25) is 5.02 Å². The van der Waals surface area contributed by atoms with Crippen molar-refractivity contribution in [3.05, 3.63) is 58.6 Å². The second-order valence-corrected chi connectivity index (χ2v) is 8.07. The van der Waals surface area contributed by atoms with E-state index in [9.17, 15) is 13.2 Å². The summed E-state index contributed by atoms with van der Waals surface area (Å²) in [6.07, 6.45) is 0. The van der Waals surface area contributed by atoms with Crippen molar-refractivity contribution in [2.75, 3.05) is 19.0 Å². The molecule has 1 atom stereocenters. The summed E-state index contributed by atoms with van der Waals surface area (Å²) in [5.41, 5.74) is 1.63. The second kappa shape index (κ2) is 8.64. The van der Waals surface area contributed by atoms with Gasteiger partial charge in [-0.3, -0.25) is 4.79 Å². The van der Waals surface area contributed by atoms with Crippen molar-refractivity contribution in [2.24, 2.45) is 0 Å². The fraction of sp³-hybridized carbons (Fsp3) is 0.278. The van der Waals surface area contributed by atoms with Crippen LogP contribution in [0.1, 0.15) is 22.8 Å². The number of hydrogen-bond donors (Lipinski definition) is 2. The predicted molar refractivity (Wildman–Crippen MR) is 102 cm³/mol. The summed E-state index contributed by atoms with van der Waals surface area (Å²) >= 11 is 5.82. The monoisotopic (exact) mass is 396 g/mol. The van der Waals surface area contributed by atoms with E-state index < -0.39 is 10.0 Å². The molecule has 0 fully saturated rings. The highest BCUT2D eigenvalue weighted by atomic mass is 35.5. The molecule has 0 unspecified atom stereocenters. The number of methoxy groups -OCH3 is 1. The highest BCUT2D eigenvalue weighted by molar-refractivity contribution is 7.89. The first-order valence-electron chi connectivity index (χ1n) is 7.92. The number of rotatable bonds is 7. The van der Waals surface area contributed by atoms with Crippen LogP contribution in [0.4, 0.5) is 5.69 Å². The van der Waals surface area contributed by atoms with Crippen LogP contribution in [0.25, 0.3) is 0 Å². The zero-order chi connectivity index (χ0) is 19.3. The molecule has 26 heavy (non-hydrogen) atoms. The molecular weight excluding hydrogens is 376 g/mol. The van der Waals surface area contributed by atoms with Crippen LogP contribution in [0.3, 0.4) is 0 Å². The van der Waals surface area contributed by atoms with E-state index in [1.807, 2.05) is 0 Å². The van der Waals surface area contributed by atoms with E-state index in [1.54, 1.807) is 44.2 Å². The van der Waals surface area contributed by atoms with Crippen LogP contribution in [0.15, 0.2) is 47.4 Å². The average Bonchev–Trinajstić information content (AvgIpc) is 2.56. The number of amides is 1. The zero-order valence-electron chi connectivity index (χ0n) is 14.7. The van der Waals surface area contributed by atoms with Crippen LogP contribution in [-0.4, -0.2) is 34.1 Å². The summed E-state index contributed by atoms with van der Waals surface area (Å²) in [5.74, 6) is -0.299. The molecular formula is C18H21ClN2O4S. The Morgan fingerprint density at radius 3 is 2.42 bits per heavy atom. The number of hydrogen-bond acceptors (Lipinski definition) is 4. The molecule has 2 aromatic rings. The number of anilines is 1. The molecule has 140 valence electrons. The summed E-state index contributed by atoms with van der Waals surface area (Å²) in [4.78, 5) is 12.4. The maximum absolute atomic E-state index is 12.4. The molecule has 0 aliphatic rings. The van der Waals surface area contributed by atoms with Crippen molar-refractivity contribution in [3.8, 4) is 0 Å². The maximum atomic E-state index is 12.4. The second-order valence-electron chi connectivity index (χ2n) is 5.92. The molecule has 0 bridgehead atoms. The SMILES string of the molecule is COC[C@@H](C)NS(=O)(=O)c1ccc(NC(=O)c2ccc(Cl)cc2)c(C)c1. The zero-order valence-corrected chi connectivity index (χ0v) is 16.3. The minimum Gasteiger partial charge on any atom is -0.383 e. The van der Waals surface area contributed by atoms with E-state index in [4.69, 9.17) is 16.3 Å². The first-order valence-corrected chi connectivity index (χ1v) is 9.78. The van der Waals surface area contributed by atoms with Crippen molar-refractivity contribution >= 4 is 33.2 Å². The number of nitrogens with one attached hydrogen (secondary N) is 2. The van der Waals surface area contributed by atoms with Crippen molar-refractivity contribution in [2.45, 2.75) is 24.8 Å². The molecule has 0 heterocycles. The van der Waals surface area contributed by atoms with Gasteiger partial charge in [-0.15, -0.1) is 0 Å². The fourth-order valence-corrected chi connectivity index (χ4v) is 3.80. The van der Waals surface area contributed by atoms with Gasteiger partial charge < -0.3 is 10.1 Å². The number of benzene rings is 2. The average molecular weight is 397 g/mol. The lowest BCUT2D eigenvalue weighted by Gasteiger charge is -2.15. The molecule has 6 nitrogen and oxygen atoms in total. The van der Waals surface area contributed by atoms with Gasteiger partial charge in [0, 0.05) is 29.4 Å². The van der Waals surface area contributed by atoms with Gasteiger partial charge >= 0.3 is 0 Å². The summed E-state index contributed by atoms with van der Waals surface area (Å²) in [5, 5.41) is 3.31. The third-order valence-electron chi connectivity index (χ3n) is 3.64. The molecule has 2 N–H and O–H groups in total. The Morgan fingerprint density at radius 2 is 1.85 bits per heavy atom. The lowest BCUT2D eigenvalue weighted by atomic mass is 10.1. The quantitative estimate of drug-likeness (QED) is 0.752. The molecule has 0 saturated carbocycles. The Morgan fingerprint density at radius 1 is 1.19 bits per heavy atom. The van der Waals surface area contributed by atoms with Crippen LogP contribution in [-0.2, 0) is 14.8 Å². The lowest BCUT2D eigenvalue weighted by Crippen LogP contribution is -2.35. The topological polar surface area (TPSA) is 84.5 Å². The molecule has 0 radical (unpaired) electrons. The normalized spacial score (nSPS) is 12.6. The number of carbonyl (C=O) groups is 1. The van der Waals surface area contributed by atoms with Crippen LogP contribution >= 0.6 is 11.6 Å². The van der Waals surface area contributed by atoms with Crippen molar-refractivity contribution in [1.29, 1.82) is 0 Å². The van der Waals surface area contributed by atoms with Gasteiger partial charge in [0.2, 0.25) is 10.0 Å². The minimum absolute atomic E-state index is 0.127. The van der Waals surface area contributed by atoms with Crippen molar-refractivity contribution in [1.82, 2.24) is 4.72 Å². The Labute approximate surface area is 158 Å². The number of halogens is 1. The number of ether oxygens (including phenoxy) is 1. The number of sulfonamides is 1. The van der Waals surface area contributed by atoms with Gasteiger partial charge in [-0.05, 0) is 61.9 Å². The summed E-state index contributed by atoms with van der Waals surface area (Å²) < 4.78 is 32.3. The molecule has 2 rings (SSSR count). The van der Waals surface area contributed by atoms with Gasteiger partial charge in [0.05, 0.1) is 11.5 Å². The maximum Gasteiger partial charge on any atom is 0.255 e. The third kappa shape index (κ3) is 5.28. The highest BCUT2D eigenvalue weighted by Crippen LogP contribution is 2.21. The van der Waals surface area contributed by atoms with Gasteiger partial charge in [0.15, 0.2) is 0 Å². The number of carbonyl (C=O) groups excluding carboxylic acids is 1. The van der Waals surface area contributed by atoms with Gasteiger partial charge in [-0.2, -0.15) is 0 Å². The molecule has 0 spiro atoms. The Balaban J connectivity index is 2.16. The summed E-state index contributed by atoms with van der Waals surface area (Å²) in [7, 11) is -2.16. The van der Waals surface area contributed by atoms with E-state index in [0.29, 0.717) is 21.8 Å². The smallest absolute Gasteiger partial charge is 0.255 e. The predicted octanol–water partition coefficient (Wildman–Crippen LogP) is 3.21. The van der Waals surface area contributed by atoms with Gasteiger partial charge in [0.1, 0.15) is 0 Å². The third-order valence-corrected chi connectivity index (χ3v) is 5.47. The Hall–Kier alpha value is -1.93. The van der Waals surface area contributed by atoms with Crippen molar-refractivity contribution < 1.29 is 17.9 Å². The van der Waals surface area contributed by atoms with Crippen LogP contribution in [0.5, 0.6) is 0 Å². The van der Waals surface area contributed by atoms with E-state index in [-0.39, 0.29) is 23.5 Å². The molecule has 1 amide bonds. The molecule has 0 aliphatic carbocycles. The summed E-state index contributed by atoms with van der Waals surface area (Å²) in [6, 6.07) is 10.7. The fourth-order valence-electron chi connectivity index (χ4n) is 2.36. The lowest BCUT2D eigenvalue weighted by molar-refractivity contribution is 0.102. The highest BCUT2D eigenvalue weighted by Gasteiger charge is 2.18.